The fraction of sp³-hybridized carbons (Fsp3) is 0.393. The first-order chi connectivity index (χ1) is 17.5. The van der Waals surface area contributed by atoms with Crippen LogP contribution in [-0.2, 0) is 4.79 Å². The second-order valence-corrected chi connectivity index (χ2v) is 9.59. The number of nitrogens with zero attached hydrogens (tertiary/aromatic N) is 3. The van der Waals surface area contributed by atoms with Crippen LogP contribution in [-0.4, -0.2) is 53.0 Å². The second-order valence-electron chi connectivity index (χ2n) is 9.59. The molecule has 2 heterocycles. The number of hydroxylamine groups is 1. The van der Waals surface area contributed by atoms with Crippen molar-refractivity contribution in [2.75, 3.05) is 31.1 Å². The van der Waals surface area contributed by atoms with E-state index in [0.29, 0.717) is 42.8 Å². The van der Waals surface area contributed by atoms with Gasteiger partial charge in [0.2, 0.25) is 0 Å². The number of pyridine rings is 1. The largest absolute Gasteiger partial charge is 0.507 e. The van der Waals surface area contributed by atoms with Gasteiger partial charge in [-0.1, -0.05) is 43.5 Å². The Balaban J connectivity index is 1.42. The van der Waals surface area contributed by atoms with Crippen LogP contribution < -0.4 is 15.2 Å². The molecule has 5 rings (SSSR count). The van der Waals surface area contributed by atoms with Crippen molar-refractivity contribution >= 4 is 28.4 Å². The van der Waals surface area contributed by atoms with Gasteiger partial charge in [-0.25, -0.2) is 0 Å². The molecule has 3 aromatic rings. The normalized spacial score (nSPS) is 16.7. The van der Waals surface area contributed by atoms with E-state index >= 15 is 0 Å². The first kappa shape index (κ1) is 23.9. The number of aryl methyl sites for hydroxylation is 1. The van der Waals surface area contributed by atoms with E-state index in [1.165, 1.54) is 6.07 Å². The van der Waals surface area contributed by atoms with Crippen molar-refractivity contribution in [2.24, 2.45) is 5.92 Å². The molecule has 2 aliphatic rings. The highest BCUT2D eigenvalue weighted by Gasteiger charge is 2.30. The summed E-state index contributed by atoms with van der Waals surface area (Å²) in [6.07, 6.45) is 4.84. The van der Waals surface area contributed by atoms with Crippen LogP contribution in [0.2, 0.25) is 0 Å². The van der Waals surface area contributed by atoms with Crippen LogP contribution >= 0.6 is 0 Å². The number of benzene rings is 2. The summed E-state index contributed by atoms with van der Waals surface area (Å²) in [6, 6.07) is 15.1. The number of hydrogen-bond donors (Lipinski definition) is 2. The zero-order valence-electron chi connectivity index (χ0n) is 20.6. The molecule has 1 aliphatic heterocycles. The number of fused-ring (bicyclic) bond motifs is 1. The number of rotatable bonds is 5. The van der Waals surface area contributed by atoms with Crippen LogP contribution in [0.25, 0.3) is 10.9 Å². The highest BCUT2D eigenvalue weighted by molar-refractivity contribution is 6.05. The molecule has 36 heavy (non-hydrogen) atoms. The molecule has 8 nitrogen and oxygen atoms in total. The third-order valence-electron chi connectivity index (χ3n) is 7.26. The van der Waals surface area contributed by atoms with Gasteiger partial charge in [-0.3, -0.25) is 14.6 Å². The summed E-state index contributed by atoms with van der Waals surface area (Å²) in [4.78, 5) is 41.1. The molecule has 1 saturated heterocycles. The van der Waals surface area contributed by atoms with Crippen LogP contribution in [0.3, 0.4) is 0 Å². The summed E-state index contributed by atoms with van der Waals surface area (Å²) in [5.74, 6) is -0.422. The van der Waals surface area contributed by atoms with Gasteiger partial charge in [0.25, 0.3) is 11.8 Å². The van der Waals surface area contributed by atoms with Crippen LogP contribution in [0.5, 0.6) is 11.5 Å². The maximum absolute atomic E-state index is 13.8. The van der Waals surface area contributed by atoms with Gasteiger partial charge in [0.15, 0.2) is 5.75 Å². The topological polar surface area (TPSA) is 95.0 Å². The number of carbonyl (C=O) groups excluding carboxylic acids is 2. The zero-order valence-corrected chi connectivity index (χ0v) is 20.6. The number of amides is 2. The maximum atomic E-state index is 13.8. The standard InChI is InChI=1S/C28H32N4O4/c1-19-24(28(35)32-17-15-31(16-18-32)21-11-6-3-7-12-21)26(25-22(29-19)13-8-14-23(25)33)36-30-27(34)20-9-4-2-5-10-20/h3,6-8,11-14,20,33H,2,4-5,9-10,15-18H2,1H3,(H,30,34). The lowest BCUT2D eigenvalue weighted by Gasteiger charge is -2.36. The Hall–Kier alpha value is -3.81. The third kappa shape index (κ3) is 4.80. The number of carbonyl (C=O) groups is 2. The van der Waals surface area contributed by atoms with Gasteiger partial charge in [0, 0.05) is 37.8 Å². The number of piperazine rings is 1. The number of anilines is 1. The van der Waals surface area contributed by atoms with Crippen LogP contribution in [0, 0.1) is 12.8 Å². The van der Waals surface area contributed by atoms with Crippen molar-refractivity contribution in [2.45, 2.75) is 39.0 Å². The second kappa shape index (κ2) is 10.4. The summed E-state index contributed by atoms with van der Waals surface area (Å²) in [6.45, 7) is 4.25. The van der Waals surface area contributed by atoms with E-state index in [1.807, 2.05) is 18.2 Å². The average Bonchev–Trinajstić information content (AvgIpc) is 2.92. The lowest BCUT2D eigenvalue weighted by Crippen LogP contribution is -2.49. The molecular formula is C28H32N4O4. The quantitative estimate of drug-likeness (QED) is 0.523. The Kier molecular flexibility index (Phi) is 6.93. The molecule has 8 heteroatoms. The minimum absolute atomic E-state index is 0.0511. The van der Waals surface area contributed by atoms with E-state index in [9.17, 15) is 14.7 Å². The van der Waals surface area contributed by atoms with E-state index in [4.69, 9.17) is 4.84 Å². The van der Waals surface area contributed by atoms with Crippen LogP contribution in [0.15, 0.2) is 48.5 Å². The third-order valence-corrected chi connectivity index (χ3v) is 7.26. The molecule has 0 bridgehead atoms. The van der Waals surface area contributed by atoms with E-state index < -0.39 is 0 Å². The monoisotopic (exact) mass is 488 g/mol. The minimum Gasteiger partial charge on any atom is -0.507 e. The molecule has 2 aromatic carbocycles. The molecule has 1 aromatic heterocycles. The van der Waals surface area contributed by atoms with Gasteiger partial charge in [-0.15, -0.1) is 0 Å². The molecule has 188 valence electrons. The van der Waals surface area contributed by atoms with E-state index in [1.54, 1.807) is 24.0 Å². The Bertz CT molecular complexity index is 1250. The fourth-order valence-electron chi connectivity index (χ4n) is 5.25. The van der Waals surface area contributed by atoms with Crippen molar-refractivity contribution in [1.82, 2.24) is 15.4 Å². The Morgan fingerprint density at radius 1 is 0.972 bits per heavy atom. The highest BCUT2D eigenvalue weighted by Crippen LogP contribution is 2.37. The number of para-hydroxylation sites is 1. The summed E-state index contributed by atoms with van der Waals surface area (Å²) < 4.78 is 0. The molecule has 2 fully saturated rings. The first-order valence-corrected chi connectivity index (χ1v) is 12.7. The molecule has 1 saturated carbocycles. The Labute approximate surface area is 210 Å². The number of phenols is 1. The van der Waals surface area contributed by atoms with Gasteiger partial charge in [-0.05, 0) is 44.0 Å². The SMILES string of the molecule is Cc1nc2cccc(O)c2c(ONC(=O)C2CCCCC2)c1C(=O)N1CCN(c2ccccc2)CC1. The fourth-order valence-corrected chi connectivity index (χ4v) is 5.25. The number of aromatic hydroxyl groups is 1. The average molecular weight is 489 g/mol. The predicted molar refractivity (Wildman–Crippen MR) is 138 cm³/mol. The molecule has 2 amide bonds. The summed E-state index contributed by atoms with van der Waals surface area (Å²) in [5, 5.41) is 11.0. The molecule has 1 aliphatic carbocycles. The summed E-state index contributed by atoms with van der Waals surface area (Å²) in [5.41, 5.74) is 4.97. The van der Waals surface area contributed by atoms with E-state index in [-0.39, 0.29) is 34.8 Å². The van der Waals surface area contributed by atoms with Crippen molar-refractivity contribution < 1.29 is 19.5 Å². The van der Waals surface area contributed by atoms with E-state index in [0.717, 1.165) is 37.8 Å². The molecule has 0 radical (unpaired) electrons. The lowest BCUT2D eigenvalue weighted by atomic mass is 9.89. The number of hydrogen-bond acceptors (Lipinski definition) is 6. The van der Waals surface area contributed by atoms with Crippen LogP contribution in [0.4, 0.5) is 5.69 Å². The smallest absolute Gasteiger partial charge is 0.259 e. The van der Waals surface area contributed by atoms with Gasteiger partial charge in [0.05, 0.1) is 16.6 Å². The zero-order chi connectivity index (χ0) is 25.1. The van der Waals surface area contributed by atoms with E-state index in [2.05, 4.69) is 27.5 Å². The number of nitrogens with one attached hydrogen (secondary N) is 1. The molecular weight excluding hydrogens is 456 g/mol. The Morgan fingerprint density at radius 2 is 1.69 bits per heavy atom. The molecule has 0 spiro atoms. The number of aromatic nitrogens is 1. The minimum atomic E-state index is -0.222. The van der Waals surface area contributed by atoms with Gasteiger partial charge in [0.1, 0.15) is 11.3 Å². The number of phenolic OH excluding ortho intramolecular Hbond substituents is 1. The van der Waals surface area contributed by atoms with Crippen molar-refractivity contribution in [3.63, 3.8) is 0 Å². The predicted octanol–water partition coefficient (Wildman–Crippen LogP) is 4.20. The molecule has 2 N–H and O–H groups in total. The van der Waals surface area contributed by atoms with Crippen molar-refractivity contribution in [1.29, 1.82) is 0 Å². The molecule has 0 atom stereocenters. The maximum Gasteiger partial charge on any atom is 0.259 e. The Morgan fingerprint density at radius 3 is 2.42 bits per heavy atom. The van der Waals surface area contributed by atoms with Gasteiger partial charge in [-0.2, -0.15) is 5.48 Å². The summed E-state index contributed by atoms with van der Waals surface area (Å²) in [7, 11) is 0. The highest BCUT2D eigenvalue weighted by atomic mass is 16.7. The first-order valence-electron chi connectivity index (χ1n) is 12.7. The van der Waals surface area contributed by atoms with Crippen molar-refractivity contribution in [3.8, 4) is 11.5 Å². The molecule has 0 unspecified atom stereocenters. The lowest BCUT2D eigenvalue weighted by molar-refractivity contribution is -0.132. The van der Waals surface area contributed by atoms with Gasteiger partial charge < -0.3 is 19.7 Å². The van der Waals surface area contributed by atoms with Crippen molar-refractivity contribution in [3.05, 3.63) is 59.8 Å². The summed E-state index contributed by atoms with van der Waals surface area (Å²) >= 11 is 0. The van der Waals surface area contributed by atoms with Gasteiger partial charge >= 0.3 is 0 Å². The van der Waals surface area contributed by atoms with Crippen LogP contribution in [0.1, 0.15) is 48.2 Å².